The average Bonchev–Trinajstić information content (AvgIpc) is 2.87. The molecule has 0 heterocycles. The molecule has 1 unspecified atom stereocenters. The van der Waals surface area contributed by atoms with Crippen molar-refractivity contribution in [2.24, 2.45) is 16.8 Å². The van der Waals surface area contributed by atoms with Gasteiger partial charge < -0.3 is 10.6 Å². The fourth-order valence-electron chi connectivity index (χ4n) is 3.05. The van der Waals surface area contributed by atoms with E-state index >= 15 is 0 Å². The Hall–Kier alpha value is -2.14. The summed E-state index contributed by atoms with van der Waals surface area (Å²) in [6, 6.07) is 4.24. The van der Waals surface area contributed by atoms with Gasteiger partial charge in [-0.15, -0.1) is 0 Å². The van der Waals surface area contributed by atoms with Gasteiger partial charge in [0.2, 0.25) is 5.91 Å². The molecule has 6 heteroatoms. The quantitative estimate of drug-likeness (QED) is 0.206. The maximum absolute atomic E-state index is 13.4. The first-order valence-electron chi connectivity index (χ1n) is 14.7. The predicted molar refractivity (Wildman–Crippen MR) is 173 cm³/mol. The summed E-state index contributed by atoms with van der Waals surface area (Å²) < 4.78 is 13.4. The molecule has 0 bridgehead atoms. The van der Waals surface area contributed by atoms with Crippen LogP contribution < -0.4 is 10.6 Å². The van der Waals surface area contributed by atoms with Crippen molar-refractivity contribution in [3.8, 4) is 0 Å². The molecule has 4 nitrogen and oxygen atoms in total. The van der Waals surface area contributed by atoms with Crippen molar-refractivity contribution in [1.82, 2.24) is 10.6 Å². The number of nitrogens with one attached hydrogen (secondary N) is 2. The fourth-order valence-corrected chi connectivity index (χ4v) is 3.36. The Balaban J connectivity index is -0.000000903. The summed E-state index contributed by atoms with van der Waals surface area (Å²) in [5.41, 5.74) is 3.76. The molecule has 0 aliphatic rings. The minimum atomic E-state index is -0.391. The van der Waals surface area contributed by atoms with Crippen molar-refractivity contribution < 1.29 is 9.18 Å². The molecule has 0 aliphatic heterocycles. The van der Waals surface area contributed by atoms with Crippen LogP contribution in [0.2, 0.25) is 5.02 Å². The summed E-state index contributed by atoms with van der Waals surface area (Å²) in [6.45, 7) is 27.5. The second-order valence-electron chi connectivity index (χ2n) is 10.2. The standard InChI is InChI=1S/C21H29ClFN3O.C5H12.C4H10.C3H8/c1-7-13(3)17(8-2)21(15(5)25-12-20(27)24-6)26-14(4)18-10-9-16(23)11-19(18)22;1-3-5-4-2;1-4(2)3;1-3-2/h9-11,13,25H,5,7-8,12H2,1-4,6H3,(H,24,27);3-5H2,1-2H3;4H,1-3H3;3H2,1-2H3/b21-17-,26-14?;;;. The molecular weight excluding hydrogens is 509 g/mol. The lowest BCUT2D eigenvalue weighted by Gasteiger charge is -2.20. The second-order valence-corrected chi connectivity index (χ2v) is 10.6. The minimum Gasteiger partial charge on any atom is -0.375 e. The Kier molecular flexibility index (Phi) is 27.7. The van der Waals surface area contributed by atoms with Crippen molar-refractivity contribution in [3.05, 3.63) is 58.1 Å². The molecule has 1 aromatic carbocycles. The lowest BCUT2D eigenvalue weighted by atomic mass is 9.93. The van der Waals surface area contributed by atoms with Gasteiger partial charge >= 0.3 is 0 Å². The summed E-state index contributed by atoms with van der Waals surface area (Å²) in [7, 11) is 1.58. The molecule has 0 fully saturated rings. The van der Waals surface area contributed by atoms with Crippen LogP contribution in [-0.4, -0.2) is 25.2 Å². The van der Waals surface area contributed by atoms with E-state index in [2.05, 4.69) is 86.4 Å². The lowest BCUT2D eigenvalue weighted by Crippen LogP contribution is -2.31. The third-order valence-electron chi connectivity index (χ3n) is 5.23. The number of likely N-dealkylation sites (N-methyl/N-ethyl adjacent to an activating group) is 1. The van der Waals surface area contributed by atoms with Gasteiger partial charge in [0, 0.05) is 18.3 Å². The molecule has 39 heavy (non-hydrogen) atoms. The smallest absolute Gasteiger partial charge is 0.239 e. The van der Waals surface area contributed by atoms with Crippen LogP contribution in [0, 0.1) is 17.7 Å². The van der Waals surface area contributed by atoms with Crippen molar-refractivity contribution in [3.63, 3.8) is 0 Å². The molecule has 1 aromatic rings. The summed E-state index contributed by atoms with van der Waals surface area (Å²) in [5.74, 6) is 0.612. The van der Waals surface area contributed by atoms with Gasteiger partial charge in [0.1, 0.15) is 5.82 Å². The van der Waals surface area contributed by atoms with Gasteiger partial charge in [0.05, 0.1) is 23.0 Å². The van der Waals surface area contributed by atoms with Crippen LogP contribution in [0.5, 0.6) is 0 Å². The van der Waals surface area contributed by atoms with Gasteiger partial charge in [-0.2, -0.15) is 0 Å². The van der Waals surface area contributed by atoms with E-state index in [-0.39, 0.29) is 12.5 Å². The summed E-state index contributed by atoms with van der Waals surface area (Å²) in [6.07, 6.45) is 7.09. The highest BCUT2D eigenvalue weighted by Crippen LogP contribution is 2.27. The molecule has 2 N–H and O–H groups in total. The van der Waals surface area contributed by atoms with E-state index in [1.54, 1.807) is 13.1 Å². The zero-order valence-corrected chi connectivity index (χ0v) is 27.9. The zero-order valence-electron chi connectivity index (χ0n) is 27.2. The molecule has 0 saturated heterocycles. The second kappa shape index (κ2) is 26.1. The van der Waals surface area contributed by atoms with Gasteiger partial charge in [-0.3, -0.25) is 9.79 Å². The van der Waals surface area contributed by atoms with Gasteiger partial charge in [0.15, 0.2) is 0 Å². The topological polar surface area (TPSA) is 53.5 Å². The maximum Gasteiger partial charge on any atom is 0.239 e. The van der Waals surface area contributed by atoms with Crippen molar-refractivity contribution in [1.29, 1.82) is 0 Å². The first-order valence-corrected chi connectivity index (χ1v) is 15.1. The van der Waals surface area contributed by atoms with Crippen LogP contribution in [0.25, 0.3) is 0 Å². The Morgan fingerprint density at radius 3 is 1.92 bits per heavy atom. The van der Waals surface area contributed by atoms with E-state index < -0.39 is 5.82 Å². The highest BCUT2D eigenvalue weighted by molar-refractivity contribution is 6.34. The molecule has 1 atom stereocenters. The predicted octanol–water partition coefficient (Wildman–Crippen LogP) is 10.1. The van der Waals surface area contributed by atoms with Crippen molar-refractivity contribution in [2.75, 3.05) is 13.6 Å². The van der Waals surface area contributed by atoms with E-state index in [0.29, 0.717) is 33.6 Å². The third kappa shape index (κ3) is 21.4. The lowest BCUT2D eigenvalue weighted by molar-refractivity contribution is -0.119. The molecule has 0 aliphatic carbocycles. The largest absolute Gasteiger partial charge is 0.375 e. The van der Waals surface area contributed by atoms with Crippen LogP contribution in [-0.2, 0) is 4.79 Å². The number of hydrogen-bond donors (Lipinski definition) is 2. The maximum atomic E-state index is 13.4. The number of carbonyl (C=O) groups excluding carboxylic acids is 1. The van der Waals surface area contributed by atoms with Gasteiger partial charge in [-0.1, -0.05) is 113 Å². The molecule has 0 saturated carbocycles. The molecule has 0 radical (unpaired) electrons. The first kappa shape index (κ1) is 41.3. The van der Waals surface area contributed by atoms with Crippen LogP contribution in [0.4, 0.5) is 4.39 Å². The number of rotatable bonds is 11. The van der Waals surface area contributed by atoms with E-state index in [1.165, 1.54) is 37.8 Å². The first-order chi connectivity index (χ1) is 18.3. The number of hydrogen-bond acceptors (Lipinski definition) is 3. The van der Waals surface area contributed by atoms with Crippen LogP contribution in [0.1, 0.15) is 120 Å². The molecule has 226 valence electrons. The number of halogens is 2. The zero-order chi connectivity index (χ0) is 31.0. The summed E-state index contributed by atoms with van der Waals surface area (Å²) >= 11 is 6.18. The van der Waals surface area contributed by atoms with Crippen LogP contribution in [0.15, 0.2) is 46.7 Å². The highest BCUT2D eigenvalue weighted by Gasteiger charge is 2.16. The number of aliphatic imine (C=N–C) groups is 1. The Bertz CT molecular complexity index is 858. The third-order valence-corrected chi connectivity index (χ3v) is 5.54. The molecule has 1 rings (SSSR count). The molecule has 0 aromatic heterocycles. The number of carbonyl (C=O) groups is 1. The summed E-state index contributed by atoms with van der Waals surface area (Å²) in [4.78, 5) is 16.3. The van der Waals surface area contributed by atoms with Crippen molar-refractivity contribution in [2.45, 2.75) is 115 Å². The number of nitrogens with zero attached hydrogens (tertiary/aromatic N) is 1. The minimum absolute atomic E-state index is 0.113. The van der Waals surface area contributed by atoms with Gasteiger partial charge in [-0.05, 0) is 55.4 Å². The number of benzene rings is 1. The monoisotopic (exact) mass is 567 g/mol. The fraction of sp³-hybridized carbons (Fsp3) is 0.636. The Morgan fingerprint density at radius 2 is 1.56 bits per heavy atom. The molecule has 1 amide bonds. The van der Waals surface area contributed by atoms with Crippen LogP contribution >= 0.6 is 11.6 Å². The van der Waals surface area contributed by atoms with E-state index in [1.807, 2.05) is 6.92 Å². The number of unbranched alkanes of at least 4 members (excludes halogenated alkanes) is 2. The normalized spacial score (nSPS) is 11.9. The SMILES string of the molecule is C=C(NCC(=O)NC)/C(N=C(C)c1ccc(F)cc1Cl)=C(\CC)C(C)CC.CC(C)C.CCC.CCCCC. The van der Waals surface area contributed by atoms with Crippen LogP contribution in [0.3, 0.4) is 0 Å². The Morgan fingerprint density at radius 1 is 1.05 bits per heavy atom. The van der Waals surface area contributed by atoms with Crippen molar-refractivity contribution >= 4 is 23.2 Å². The van der Waals surface area contributed by atoms with Gasteiger partial charge in [-0.25, -0.2) is 4.39 Å². The van der Waals surface area contributed by atoms with Gasteiger partial charge in [0.25, 0.3) is 0 Å². The Labute approximate surface area is 246 Å². The van der Waals surface area contributed by atoms with E-state index in [0.717, 1.165) is 24.3 Å². The highest BCUT2D eigenvalue weighted by atomic mass is 35.5. The molecular formula is C33H59ClFN3O. The summed E-state index contributed by atoms with van der Waals surface area (Å²) in [5, 5.41) is 5.92. The van der Waals surface area contributed by atoms with E-state index in [9.17, 15) is 9.18 Å². The molecule has 0 spiro atoms. The average molecular weight is 568 g/mol. The van der Waals surface area contributed by atoms with E-state index in [4.69, 9.17) is 16.6 Å². The number of amides is 1. The number of allylic oxidation sites excluding steroid dienone is 1.